The van der Waals surface area contributed by atoms with Gasteiger partial charge in [0.15, 0.2) is 18.1 Å². The number of hydrogen-bond acceptors (Lipinski definition) is 16. The summed E-state index contributed by atoms with van der Waals surface area (Å²) >= 11 is 10.8. The average molecular weight is 772 g/mol. The highest BCUT2D eigenvalue weighted by Gasteiger charge is 2.52. The normalized spacial score (nSPS) is 36.5. The van der Waals surface area contributed by atoms with Gasteiger partial charge in [-0.05, 0) is 67.7 Å². The number of nitrogens with zero attached hydrogens (tertiary/aromatic N) is 7. The Morgan fingerprint density at radius 3 is 2.30 bits per heavy atom. The fraction of sp³-hybridized carbons (Fsp3) is 0.607. The summed E-state index contributed by atoms with van der Waals surface area (Å²) in [4.78, 5) is 44.6. The average Bonchev–Trinajstić information content (AvgIpc) is 3.79. The molecule has 4 aromatic heterocycles. The Balaban J connectivity index is 1.09. The molecule has 2 unspecified atom stereocenters. The van der Waals surface area contributed by atoms with E-state index in [1.807, 2.05) is 6.20 Å². The van der Waals surface area contributed by atoms with E-state index in [1.54, 1.807) is 4.57 Å². The predicted molar refractivity (Wildman–Crippen MR) is 179 cm³/mol. The van der Waals surface area contributed by atoms with E-state index in [0.717, 1.165) is 42.3 Å². The molecule has 3 saturated heterocycles. The Labute approximate surface area is 294 Å². The van der Waals surface area contributed by atoms with Crippen LogP contribution in [0.2, 0.25) is 0 Å². The molecule has 7 heterocycles. The third kappa shape index (κ3) is 6.48. The van der Waals surface area contributed by atoms with Gasteiger partial charge in [-0.1, -0.05) is 0 Å². The molecule has 3 fully saturated rings. The van der Waals surface area contributed by atoms with Crippen molar-refractivity contribution in [3.63, 3.8) is 0 Å². The summed E-state index contributed by atoms with van der Waals surface area (Å²) in [6.07, 6.45) is 0.708. The molecule has 2 bridgehead atoms. The van der Waals surface area contributed by atoms with Crippen LogP contribution in [0.1, 0.15) is 48.7 Å². The Bertz CT molecular complexity index is 2000. The summed E-state index contributed by atoms with van der Waals surface area (Å²) in [5.74, 6) is 0. The van der Waals surface area contributed by atoms with Crippen molar-refractivity contribution in [2.24, 2.45) is 0 Å². The SMILES string of the molecule is OCCCc1ncnc2c1ncn2[C@@H]1O[C@@H]2COP(O)(=S)O[C@H]3[C@@H](O)[C@H](n4cc5c6c(ncnc64)CCCC5)O[C@@H]3COP(O)(=S)O[C@@H]1[C@@H]2O. The van der Waals surface area contributed by atoms with Crippen molar-refractivity contribution in [1.29, 1.82) is 0 Å². The van der Waals surface area contributed by atoms with Gasteiger partial charge < -0.3 is 48.2 Å². The number of aliphatic hydroxyl groups excluding tert-OH is 3. The minimum atomic E-state index is -4.16. The van der Waals surface area contributed by atoms with E-state index in [0.29, 0.717) is 35.3 Å². The van der Waals surface area contributed by atoms with E-state index in [1.165, 1.54) is 23.5 Å². The summed E-state index contributed by atoms with van der Waals surface area (Å²) in [7, 11) is 0. The van der Waals surface area contributed by atoms with Crippen LogP contribution < -0.4 is 0 Å². The molecular weight excluding hydrogens is 736 g/mol. The Morgan fingerprint density at radius 1 is 0.800 bits per heavy atom. The third-order valence-corrected chi connectivity index (χ3v) is 12.5. The van der Waals surface area contributed by atoms with Gasteiger partial charge in [0, 0.05) is 18.2 Å². The van der Waals surface area contributed by atoms with Crippen LogP contribution in [0.3, 0.4) is 0 Å². The first kappa shape index (κ1) is 35.1. The van der Waals surface area contributed by atoms with Gasteiger partial charge >= 0.3 is 13.4 Å². The second-order valence-electron chi connectivity index (χ2n) is 12.5. The first-order chi connectivity index (χ1) is 24.0. The number of rotatable bonds is 5. The monoisotopic (exact) mass is 771 g/mol. The smallest absolute Gasteiger partial charge is 0.325 e. The number of imidazole rings is 1. The van der Waals surface area contributed by atoms with Crippen LogP contribution in [0.15, 0.2) is 25.2 Å². The van der Waals surface area contributed by atoms with Gasteiger partial charge in [0.2, 0.25) is 0 Å². The summed E-state index contributed by atoms with van der Waals surface area (Å²) in [6.45, 7) is -9.21. The lowest BCUT2D eigenvalue weighted by atomic mass is 10.1. The summed E-state index contributed by atoms with van der Waals surface area (Å²) in [5.41, 5.74) is 3.92. The van der Waals surface area contributed by atoms with Gasteiger partial charge in [-0.3, -0.25) is 13.6 Å². The molecule has 1 aliphatic carbocycles. The van der Waals surface area contributed by atoms with Crippen molar-refractivity contribution in [2.45, 2.75) is 87.6 Å². The molecule has 270 valence electrons. The number of fused-ring (bicyclic) bond motifs is 4. The van der Waals surface area contributed by atoms with Crippen molar-refractivity contribution in [3.05, 3.63) is 42.1 Å². The van der Waals surface area contributed by atoms with Crippen molar-refractivity contribution in [3.8, 4) is 0 Å². The van der Waals surface area contributed by atoms with Crippen LogP contribution in [0.5, 0.6) is 0 Å². The van der Waals surface area contributed by atoms with Crippen molar-refractivity contribution in [2.75, 3.05) is 19.8 Å². The fourth-order valence-corrected chi connectivity index (χ4v) is 9.90. The molecular formula is C28H35N7O11P2S2. The van der Waals surface area contributed by atoms with E-state index >= 15 is 0 Å². The maximum atomic E-state index is 11.6. The highest BCUT2D eigenvalue weighted by Crippen LogP contribution is 2.54. The van der Waals surface area contributed by atoms with Gasteiger partial charge in [0.25, 0.3) is 0 Å². The highest BCUT2D eigenvalue weighted by molar-refractivity contribution is 8.07. The fourth-order valence-electron chi connectivity index (χ4n) is 7.04. The lowest BCUT2D eigenvalue weighted by Gasteiger charge is -2.28. The lowest BCUT2D eigenvalue weighted by Crippen LogP contribution is -2.36. The zero-order chi connectivity index (χ0) is 34.8. The molecule has 0 spiro atoms. The van der Waals surface area contributed by atoms with Gasteiger partial charge in [-0.25, -0.2) is 24.9 Å². The number of aliphatic hydroxyl groups is 3. The minimum absolute atomic E-state index is 0.0311. The van der Waals surface area contributed by atoms with E-state index in [9.17, 15) is 25.1 Å². The molecule has 0 saturated carbocycles. The molecule has 4 aliphatic rings. The molecule has 0 aromatic carbocycles. The second kappa shape index (κ2) is 13.8. The molecule has 0 amide bonds. The van der Waals surface area contributed by atoms with Crippen LogP contribution in [0, 0.1) is 0 Å². The van der Waals surface area contributed by atoms with Crippen molar-refractivity contribution >= 4 is 59.2 Å². The molecule has 22 heteroatoms. The van der Waals surface area contributed by atoms with Crippen LogP contribution in [-0.4, -0.2) is 116 Å². The molecule has 5 N–H and O–H groups in total. The van der Waals surface area contributed by atoms with E-state index in [2.05, 4.69) is 24.9 Å². The second-order valence-corrected chi connectivity index (χ2v) is 18.1. The number of hydrogen-bond donors (Lipinski definition) is 5. The Hall–Kier alpha value is -1.97. The molecule has 3 aliphatic heterocycles. The number of aromatic nitrogens is 7. The van der Waals surface area contributed by atoms with Gasteiger partial charge in [0.05, 0.1) is 30.9 Å². The molecule has 50 heavy (non-hydrogen) atoms. The first-order valence-electron chi connectivity index (χ1n) is 16.1. The Kier molecular flexibility index (Phi) is 9.67. The maximum absolute atomic E-state index is 11.6. The van der Waals surface area contributed by atoms with E-state index in [-0.39, 0.29) is 6.61 Å². The number of aryl methyl sites for hydroxylation is 3. The summed E-state index contributed by atoms with van der Waals surface area (Å²) in [5, 5.41) is 33.2. The standard InChI is InChI=1S/C28H35N7O11P2S2/c36-7-3-6-16-20-26(32-12-30-16)35(13-33-20)28-24-21(37)17(43-28)9-41-47(39,49)45-23-18(10-42-48(40,50)46-24)44-27(22(23)38)34-8-14-4-1-2-5-15-19(14)25(34)31-11-29-15/h8,11-13,17-18,21-24,27-28,36-38H,1-7,9-10H2,(H,39,49)(H,40,50)/t17-,18-,21-,22-,23-,24-,27-,28-,47?,48?/m1/s1. The van der Waals surface area contributed by atoms with Gasteiger partial charge in [-0.2, -0.15) is 0 Å². The summed E-state index contributed by atoms with van der Waals surface area (Å²) < 4.78 is 38.9. The van der Waals surface area contributed by atoms with Crippen molar-refractivity contribution in [1.82, 2.24) is 34.1 Å². The first-order valence-corrected chi connectivity index (χ1v) is 21.3. The van der Waals surface area contributed by atoms with Crippen LogP contribution in [0.25, 0.3) is 22.2 Å². The molecule has 8 rings (SSSR count). The van der Waals surface area contributed by atoms with Crippen LogP contribution in [-0.2, 0) is 70.4 Å². The van der Waals surface area contributed by atoms with E-state index in [4.69, 9.17) is 51.2 Å². The topological polar surface area (TPSA) is 231 Å². The predicted octanol–water partition coefficient (Wildman–Crippen LogP) is 0.842. The van der Waals surface area contributed by atoms with Crippen molar-refractivity contribution < 1.29 is 52.7 Å². The maximum Gasteiger partial charge on any atom is 0.325 e. The summed E-state index contributed by atoms with van der Waals surface area (Å²) in [6, 6.07) is 0. The third-order valence-electron chi connectivity index (χ3n) is 9.37. The van der Waals surface area contributed by atoms with E-state index < -0.39 is 75.7 Å². The largest absolute Gasteiger partial charge is 0.396 e. The highest BCUT2D eigenvalue weighted by atomic mass is 32.5. The molecule has 10 atom stereocenters. The van der Waals surface area contributed by atoms with Crippen LogP contribution >= 0.6 is 13.4 Å². The van der Waals surface area contributed by atoms with Gasteiger partial charge in [-0.15, -0.1) is 0 Å². The molecule has 4 aromatic rings. The zero-order valence-corrected chi connectivity index (χ0v) is 29.7. The van der Waals surface area contributed by atoms with Gasteiger partial charge in [0.1, 0.15) is 60.4 Å². The molecule has 18 nitrogen and oxygen atoms in total. The number of ether oxygens (including phenoxy) is 2. The lowest BCUT2D eigenvalue weighted by molar-refractivity contribution is -0.0606. The van der Waals surface area contributed by atoms with Crippen LogP contribution in [0.4, 0.5) is 0 Å². The molecule has 0 radical (unpaired) electrons. The minimum Gasteiger partial charge on any atom is -0.396 e. The Morgan fingerprint density at radius 2 is 1.50 bits per heavy atom. The zero-order valence-electron chi connectivity index (χ0n) is 26.3. The quantitative estimate of drug-likeness (QED) is 0.177.